The van der Waals surface area contributed by atoms with E-state index in [1.165, 1.54) is 0 Å². The van der Waals surface area contributed by atoms with Crippen LogP contribution in [0.2, 0.25) is 0 Å². The molecule has 0 aromatic carbocycles. The normalized spacial score (nSPS) is 21.5. The lowest BCUT2D eigenvalue weighted by Gasteiger charge is -2.27. The molecular formula is C13H23N3O2. The van der Waals surface area contributed by atoms with E-state index in [1.54, 1.807) is 0 Å². The summed E-state index contributed by atoms with van der Waals surface area (Å²) >= 11 is 0. The number of unbranched alkanes of at least 4 members (excludes halogenated alkanes) is 1. The van der Waals surface area contributed by atoms with E-state index in [4.69, 9.17) is 0 Å². The molecule has 1 saturated heterocycles. The molecule has 0 aromatic heterocycles. The maximum Gasteiger partial charge on any atom is 0.243 e. The summed E-state index contributed by atoms with van der Waals surface area (Å²) in [7, 11) is 0. The Balaban J connectivity index is 2.41. The number of rotatable bonds is 8. The minimum atomic E-state index is -0.268. The van der Waals surface area contributed by atoms with Crippen LogP contribution in [0, 0.1) is 0 Å². The summed E-state index contributed by atoms with van der Waals surface area (Å²) in [5.74, 6) is -0.386. The van der Waals surface area contributed by atoms with Crippen molar-refractivity contribution in [1.82, 2.24) is 16.0 Å². The van der Waals surface area contributed by atoms with E-state index in [2.05, 4.69) is 22.5 Å². The van der Waals surface area contributed by atoms with Crippen molar-refractivity contribution in [2.24, 2.45) is 0 Å². The molecule has 2 amide bonds. The zero-order chi connectivity index (χ0) is 13.4. The molecule has 5 nitrogen and oxygen atoms in total. The van der Waals surface area contributed by atoms with Crippen molar-refractivity contribution in [1.29, 1.82) is 0 Å². The number of nitrogens with one attached hydrogen (secondary N) is 3. The van der Waals surface area contributed by atoms with Crippen molar-refractivity contribution in [3.63, 3.8) is 0 Å². The first-order chi connectivity index (χ1) is 8.67. The zero-order valence-corrected chi connectivity index (χ0v) is 11.0. The highest BCUT2D eigenvalue weighted by Gasteiger charge is 2.27. The topological polar surface area (TPSA) is 70.2 Å². The van der Waals surface area contributed by atoms with Crippen molar-refractivity contribution >= 4 is 11.8 Å². The van der Waals surface area contributed by atoms with Gasteiger partial charge < -0.3 is 5.32 Å². The highest BCUT2D eigenvalue weighted by Crippen LogP contribution is 2.07. The molecule has 0 aromatic rings. The van der Waals surface area contributed by atoms with E-state index in [9.17, 15) is 9.59 Å². The Morgan fingerprint density at radius 2 is 2.33 bits per heavy atom. The van der Waals surface area contributed by atoms with Crippen LogP contribution in [0.3, 0.4) is 0 Å². The molecule has 18 heavy (non-hydrogen) atoms. The largest absolute Gasteiger partial charge is 0.302 e. The predicted octanol–water partition coefficient (Wildman–Crippen LogP) is 0.673. The van der Waals surface area contributed by atoms with E-state index < -0.39 is 0 Å². The number of amides is 2. The summed E-state index contributed by atoms with van der Waals surface area (Å²) in [6, 6.07) is -0.268. The van der Waals surface area contributed by atoms with E-state index >= 15 is 0 Å². The fraction of sp³-hybridized carbons (Fsp3) is 0.692. The van der Waals surface area contributed by atoms with Gasteiger partial charge in [-0.3, -0.25) is 20.2 Å². The molecule has 102 valence electrons. The van der Waals surface area contributed by atoms with Gasteiger partial charge in [-0.1, -0.05) is 13.0 Å². The molecule has 0 radical (unpaired) electrons. The fourth-order valence-corrected chi connectivity index (χ4v) is 2.05. The number of piperidine rings is 1. The number of carbonyl (C=O) groups excluding carboxylic acids is 2. The molecule has 1 rings (SSSR count). The van der Waals surface area contributed by atoms with Crippen LogP contribution in [0.25, 0.3) is 0 Å². The molecule has 2 unspecified atom stereocenters. The first-order valence-corrected chi connectivity index (χ1v) is 6.61. The van der Waals surface area contributed by atoms with Crippen LogP contribution in [-0.4, -0.2) is 30.6 Å². The summed E-state index contributed by atoms with van der Waals surface area (Å²) in [5, 5.41) is 8.95. The molecule has 0 saturated carbocycles. The van der Waals surface area contributed by atoms with Crippen molar-refractivity contribution in [3.05, 3.63) is 12.7 Å². The van der Waals surface area contributed by atoms with Crippen LogP contribution in [-0.2, 0) is 9.59 Å². The predicted molar refractivity (Wildman–Crippen MR) is 70.8 cm³/mol. The molecule has 1 fully saturated rings. The molecule has 1 aliphatic rings. The second-order valence-electron chi connectivity index (χ2n) is 4.50. The third-order valence-electron chi connectivity index (χ3n) is 2.99. The molecule has 5 heteroatoms. The van der Waals surface area contributed by atoms with Crippen molar-refractivity contribution < 1.29 is 9.59 Å². The second-order valence-corrected chi connectivity index (χ2v) is 4.50. The standard InChI is InChI=1S/C13H23N3O2/c1-3-5-6-7-11(14-4-2)15-10-8-9-12(17)16-13(10)18/h3,10-11,14-15H,1,4-9H2,2H3,(H,16,17,18). The number of hydrogen-bond acceptors (Lipinski definition) is 4. The van der Waals surface area contributed by atoms with Gasteiger partial charge in [-0.15, -0.1) is 6.58 Å². The SMILES string of the molecule is C=CCCCC(NCC)NC1CCC(=O)NC1=O. The first-order valence-electron chi connectivity index (χ1n) is 6.61. The van der Waals surface area contributed by atoms with Gasteiger partial charge >= 0.3 is 0 Å². The lowest BCUT2D eigenvalue weighted by atomic mass is 10.1. The van der Waals surface area contributed by atoms with Gasteiger partial charge in [-0.05, 0) is 32.2 Å². The smallest absolute Gasteiger partial charge is 0.243 e. The molecule has 0 spiro atoms. The van der Waals surface area contributed by atoms with Gasteiger partial charge in [0.2, 0.25) is 11.8 Å². The molecule has 2 atom stereocenters. The highest BCUT2D eigenvalue weighted by atomic mass is 16.2. The van der Waals surface area contributed by atoms with Gasteiger partial charge in [-0.25, -0.2) is 0 Å². The monoisotopic (exact) mass is 253 g/mol. The van der Waals surface area contributed by atoms with Crippen LogP contribution >= 0.6 is 0 Å². The summed E-state index contributed by atoms with van der Waals surface area (Å²) in [5.41, 5.74) is 0. The summed E-state index contributed by atoms with van der Waals surface area (Å²) in [6.45, 7) is 6.58. The van der Waals surface area contributed by atoms with E-state index in [0.29, 0.717) is 12.8 Å². The second kappa shape index (κ2) is 8.00. The van der Waals surface area contributed by atoms with Crippen molar-refractivity contribution in [3.8, 4) is 0 Å². The Hall–Kier alpha value is -1.20. The van der Waals surface area contributed by atoms with Crippen LogP contribution in [0.15, 0.2) is 12.7 Å². The van der Waals surface area contributed by atoms with Gasteiger partial charge in [0.05, 0.1) is 12.2 Å². The molecule has 3 N–H and O–H groups in total. The van der Waals surface area contributed by atoms with Crippen LogP contribution < -0.4 is 16.0 Å². The fourth-order valence-electron chi connectivity index (χ4n) is 2.05. The van der Waals surface area contributed by atoms with E-state index in [0.717, 1.165) is 25.8 Å². The van der Waals surface area contributed by atoms with Crippen molar-refractivity contribution in [2.75, 3.05) is 6.54 Å². The zero-order valence-electron chi connectivity index (χ0n) is 11.0. The van der Waals surface area contributed by atoms with Gasteiger partial charge in [0, 0.05) is 6.42 Å². The third-order valence-corrected chi connectivity index (χ3v) is 2.99. The van der Waals surface area contributed by atoms with Gasteiger partial charge in [0.15, 0.2) is 0 Å². The molecule has 0 bridgehead atoms. The number of hydrogen-bond donors (Lipinski definition) is 3. The number of imide groups is 1. The lowest BCUT2D eigenvalue weighted by Crippen LogP contribution is -2.56. The van der Waals surface area contributed by atoms with Crippen LogP contribution in [0.5, 0.6) is 0 Å². The molecular weight excluding hydrogens is 230 g/mol. The van der Waals surface area contributed by atoms with Crippen LogP contribution in [0.1, 0.15) is 39.0 Å². The van der Waals surface area contributed by atoms with E-state index in [1.807, 2.05) is 13.0 Å². The van der Waals surface area contributed by atoms with Crippen molar-refractivity contribution in [2.45, 2.75) is 51.2 Å². The quantitative estimate of drug-likeness (QED) is 0.257. The van der Waals surface area contributed by atoms with Gasteiger partial charge in [0.1, 0.15) is 0 Å². The third kappa shape index (κ3) is 4.98. The molecule has 1 aliphatic heterocycles. The minimum absolute atomic E-state index is 0.110. The lowest BCUT2D eigenvalue weighted by molar-refractivity contribution is -0.134. The Labute approximate surface area is 108 Å². The Kier molecular flexibility index (Phi) is 6.60. The maximum atomic E-state index is 11.6. The van der Waals surface area contributed by atoms with Gasteiger partial charge in [0.25, 0.3) is 0 Å². The summed E-state index contributed by atoms with van der Waals surface area (Å²) in [6.07, 6.45) is 5.94. The number of allylic oxidation sites excluding steroid dienone is 1. The molecule has 0 aliphatic carbocycles. The average Bonchev–Trinajstić information content (AvgIpc) is 2.33. The summed E-state index contributed by atoms with van der Waals surface area (Å²) in [4.78, 5) is 22.7. The Morgan fingerprint density at radius 1 is 1.56 bits per heavy atom. The number of carbonyl (C=O) groups is 2. The van der Waals surface area contributed by atoms with Crippen LogP contribution in [0.4, 0.5) is 0 Å². The highest BCUT2D eigenvalue weighted by molar-refractivity contribution is 6.00. The average molecular weight is 253 g/mol. The Morgan fingerprint density at radius 3 is 2.94 bits per heavy atom. The first kappa shape index (κ1) is 14.9. The molecule has 1 heterocycles. The summed E-state index contributed by atoms with van der Waals surface area (Å²) < 4.78 is 0. The van der Waals surface area contributed by atoms with Gasteiger partial charge in [-0.2, -0.15) is 0 Å². The Bertz CT molecular complexity index is 305. The van der Waals surface area contributed by atoms with E-state index in [-0.39, 0.29) is 24.0 Å². The maximum absolute atomic E-state index is 11.6. The minimum Gasteiger partial charge on any atom is -0.302 e.